The molecule has 0 saturated heterocycles. The number of aromatic amines is 1. The highest BCUT2D eigenvalue weighted by Gasteiger charge is 2.18. The summed E-state index contributed by atoms with van der Waals surface area (Å²) in [6.45, 7) is 1.72. The number of hydrogen-bond acceptors (Lipinski definition) is 2. The Hall–Kier alpha value is -1.88. The van der Waals surface area contributed by atoms with Crippen LogP contribution in [0.4, 0.5) is 4.39 Å². The summed E-state index contributed by atoms with van der Waals surface area (Å²) < 4.78 is 13.3. The minimum atomic E-state index is -1.33. The fourth-order valence-electron chi connectivity index (χ4n) is 1.83. The lowest BCUT2D eigenvalue weighted by molar-refractivity contribution is 0.0694. The van der Waals surface area contributed by atoms with E-state index < -0.39 is 17.2 Å². The van der Waals surface area contributed by atoms with Crippen molar-refractivity contribution in [3.8, 4) is 0 Å². The van der Waals surface area contributed by atoms with E-state index in [2.05, 4.69) is 4.98 Å². The number of H-pyrrole nitrogens is 1. The molecule has 1 aromatic heterocycles. The maximum atomic E-state index is 13.3. The number of aryl methyl sites for hydroxylation is 1. The monoisotopic (exact) mass is 269 g/mol. The van der Waals surface area contributed by atoms with E-state index in [1.807, 2.05) is 0 Å². The summed E-state index contributed by atoms with van der Waals surface area (Å²) in [6.07, 6.45) is 0.349. The SMILES string of the molecule is CCc1[nH]c2cc(Cl)c(F)cc2c(=O)c1C(=O)O. The first kappa shape index (κ1) is 12.6. The van der Waals surface area contributed by atoms with Crippen molar-refractivity contribution in [2.24, 2.45) is 0 Å². The molecule has 18 heavy (non-hydrogen) atoms. The molecule has 0 fully saturated rings. The third-order valence-corrected chi connectivity index (χ3v) is 2.98. The Balaban J connectivity index is 2.96. The lowest BCUT2D eigenvalue weighted by atomic mass is 10.1. The van der Waals surface area contributed by atoms with Crippen molar-refractivity contribution < 1.29 is 14.3 Å². The Kier molecular flexibility index (Phi) is 3.09. The van der Waals surface area contributed by atoms with E-state index in [0.29, 0.717) is 17.6 Å². The zero-order chi connectivity index (χ0) is 13.4. The average molecular weight is 270 g/mol. The highest BCUT2D eigenvalue weighted by Crippen LogP contribution is 2.21. The van der Waals surface area contributed by atoms with Gasteiger partial charge in [-0.05, 0) is 18.6 Å². The maximum absolute atomic E-state index is 13.3. The van der Waals surface area contributed by atoms with Gasteiger partial charge in [-0.2, -0.15) is 0 Å². The highest BCUT2D eigenvalue weighted by molar-refractivity contribution is 6.31. The molecule has 0 radical (unpaired) electrons. The third-order valence-electron chi connectivity index (χ3n) is 2.69. The fourth-order valence-corrected chi connectivity index (χ4v) is 1.99. The summed E-state index contributed by atoms with van der Waals surface area (Å²) in [7, 11) is 0. The second kappa shape index (κ2) is 4.42. The van der Waals surface area contributed by atoms with Crippen molar-refractivity contribution in [3.63, 3.8) is 0 Å². The Morgan fingerprint density at radius 3 is 2.72 bits per heavy atom. The van der Waals surface area contributed by atoms with Crippen LogP contribution in [-0.4, -0.2) is 16.1 Å². The van der Waals surface area contributed by atoms with E-state index in [9.17, 15) is 14.0 Å². The van der Waals surface area contributed by atoms with Gasteiger partial charge in [0.15, 0.2) is 0 Å². The summed E-state index contributed by atoms with van der Waals surface area (Å²) in [4.78, 5) is 25.9. The van der Waals surface area contributed by atoms with Gasteiger partial charge in [0.25, 0.3) is 0 Å². The largest absolute Gasteiger partial charge is 0.477 e. The summed E-state index contributed by atoms with van der Waals surface area (Å²) in [5, 5.41) is 8.88. The first-order valence-electron chi connectivity index (χ1n) is 5.23. The van der Waals surface area contributed by atoms with Crippen molar-refractivity contribution in [2.45, 2.75) is 13.3 Å². The standard InChI is InChI=1S/C12H9ClFNO3/c1-2-8-10(12(17)18)11(16)5-3-7(14)6(13)4-9(5)15-8/h3-4H,2H2,1H3,(H,15,16)(H,17,18). The molecule has 1 heterocycles. The molecule has 0 aliphatic heterocycles. The summed E-state index contributed by atoms with van der Waals surface area (Å²) in [5.41, 5.74) is -0.439. The third kappa shape index (κ3) is 1.86. The van der Waals surface area contributed by atoms with Gasteiger partial charge in [0.05, 0.1) is 10.5 Å². The summed E-state index contributed by atoms with van der Waals surface area (Å²) in [5.74, 6) is -2.08. The predicted octanol–water partition coefficient (Wildman–Crippen LogP) is 2.58. The van der Waals surface area contributed by atoms with Gasteiger partial charge >= 0.3 is 5.97 Å². The van der Waals surface area contributed by atoms with Crippen LogP contribution in [0, 0.1) is 5.82 Å². The number of carboxylic acid groups (broad SMARTS) is 1. The lowest BCUT2D eigenvalue weighted by Crippen LogP contribution is -2.19. The zero-order valence-electron chi connectivity index (χ0n) is 9.38. The topological polar surface area (TPSA) is 70.2 Å². The maximum Gasteiger partial charge on any atom is 0.341 e. The quantitative estimate of drug-likeness (QED) is 0.880. The van der Waals surface area contributed by atoms with E-state index in [4.69, 9.17) is 16.7 Å². The first-order chi connectivity index (χ1) is 8.45. The van der Waals surface area contributed by atoms with Crippen molar-refractivity contribution in [2.75, 3.05) is 0 Å². The predicted molar refractivity (Wildman–Crippen MR) is 65.9 cm³/mol. The van der Waals surface area contributed by atoms with Crippen LogP contribution in [0.15, 0.2) is 16.9 Å². The van der Waals surface area contributed by atoms with Gasteiger partial charge in [0, 0.05) is 11.1 Å². The van der Waals surface area contributed by atoms with Crippen molar-refractivity contribution >= 4 is 28.5 Å². The Labute approximate surface area is 106 Å². The number of hydrogen-bond donors (Lipinski definition) is 2. The number of pyridine rings is 1. The number of carbonyl (C=O) groups is 1. The number of fused-ring (bicyclic) bond motifs is 1. The fraction of sp³-hybridized carbons (Fsp3) is 0.167. The molecule has 0 spiro atoms. The molecule has 0 atom stereocenters. The van der Waals surface area contributed by atoms with Crippen LogP contribution < -0.4 is 5.43 Å². The van der Waals surface area contributed by atoms with Crippen LogP contribution in [-0.2, 0) is 6.42 Å². The van der Waals surface area contributed by atoms with Crippen LogP contribution in [0.5, 0.6) is 0 Å². The van der Waals surface area contributed by atoms with Crippen LogP contribution >= 0.6 is 11.6 Å². The molecule has 6 heteroatoms. The Morgan fingerprint density at radius 2 is 2.17 bits per heavy atom. The van der Waals surface area contributed by atoms with Crippen LogP contribution in [0.1, 0.15) is 23.0 Å². The molecule has 0 saturated carbocycles. The molecule has 0 bridgehead atoms. The number of carboxylic acids is 1. The van der Waals surface area contributed by atoms with Gasteiger partial charge in [-0.15, -0.1) is 0 Å². The molecule has 1 aromatic carbocycles. The molecule has 4 nitrogen and oxygen atoms in total. The number of benzene rings is 1. The van der Waals surface area contributed by atoms with Gasteiger partial charge in [0.1, 0.15) is 11.4 Å². The van der Waals surface area contributed by atoms with Gasteiger partial charge in [-0.1, -0.05) is 18.5 Å². The number of nitrogens with one attached hydrogen (secondary N) is 1. The molecule has 0 aliphatic carbocycles. The number of rotatable bonds is 2. The van der Waals surface area contributed by atoms with Gasteiger partial charge in [-0.25, -0.2) is 9.18 Å². The summed E-state index contributed by atoms with van der Waals surface area (Å²) in [6, 6.07) is 2.22. The van der Waals surface area contributed by atoms with Crippen LogP contribution in [0.3, 0.4) is 0 Å². The molecular formula is C12H9ClFNO3. The second-order valence-corrected chi connectivity index (χ2v) is 4.19. The molecule has 2 rings (SSSR count). The Morgan fingerprint density at radius 1 is 1.50 bits per heavy atom. The Bertz CT molecular complexity index is 709. The van der Waals surface area contributed by atoms with E-state index in [0.717, 1.165) is 6.07 Å². The van der Waals surface area contributed by atoms with Gasteiger partial charge < -0.3 is 10.1 Å². The minimum absolute atomic E-state index is 0.0218. The highest BCUT2D eigenvalue weighted by atomic mass is 35.5. The number of halogens is 2. The van der Waals surface area contributed by atoms with Crippen molar-refractivity contribution in [1.29, 1.82) is 0 Å². The van der Waals surface area contributed by atoms with E-state index in [1.165, 1.54) is 6.07 Å². The zero-order valence-corrected chi connectivity index (χ0v) is 10.1. The number of aromatic nitrogens is 1. The molecule has 2 N–H and O–H groups in total. The molecule has 0 unspecified atom stereocenters. The van der Waals surface area contributed by atoms with Gasteiger partial charge in [-0.3, -0.25) is 4.79 Å². The van der Waals surface area contributed by atoms with Crippen LogP contribution in [0.25, 0.3) is 10.9 Å². The van der Waals surface area contributed by atoms with Crippen molar-refractivity contribution in [1.82, 2.24) is 4.98 Å². The molecule has 94 valence electrons. The van der Waals surface area contributed by atoms with Gasteiger partial charge in [0.2, 0.25) is 5.43 Å². The molecular weight excluding hydrogens is 261 g/mol. The summed E-state index contributed by atoms with van der Waals surface area (Å²) >= 11 is 5.62. The van der Waals surface area contributed by atoms with E-state index in [1.54, 1.807) is 6.92 Å². The number of aromatic carboxylic acids is 1. The first-order valence-corrected chi connectivity index (χ1v) is 5.60. The molecule has 2 aromatic rings. The van der Waals surface area contributed by atoms with Crippen molar-refractivity contribution in [3.05, 3.63) is 44.5 Å². The average Bonchev–Trinajstić information content (AvgIpc) is 2.30. The lowest BCUT2D eigenvalue weighted by Gasteiger charge is -2.07. The molecule has 0 amide bonds. The second-order valence-electron chi connectivity index (χ2n) is 3.78. The van der Waals surface area contributed by atoms with E-state index in [-0.39, 0.29) is 16.0 Å². The molecule has 0 aliphatic rings. The van der Waals surface area contributed by atoms with Crippen LogP contribution in [0.2, 0.25) is 5.02 Å². The smallest absolute Gasteiger partial charge is 0.341 e. The minimum Gasteiger partial charge on any atom is -0.477 e. The van der Waals surface area contributed by atoms with E-state index >= 15 is 0 Å². The normalized spacial score (nSPS) is 10.8.